The SMILES string of the molecule is CC(C)(C)OC(=O)C[C@H](C(=O)O)C(C)(C)C.CC(C)(C)OC(=O)N[C@H](C(=O)N1C[C@]2(C[C@H]1C(=O)O)C(C)(C)C21CCC1)C(C)(C)C.CC(C)(C)OC(=O)N[C@H](C(=O)N1C[C@]2(C[C@H]1CO)C(C)(C)C21CCC1)C(C)(C)C.CC1(C)C2(CCC2)[C@]12CN[C@H](CO)C2. The number of carboxylic acid groups (broad SMARTS) is 2. The number of likely N-dealkylation sites (tertiary alicyclic amines) is 2. The van der Waals surface area contributed by atoms with E-state index in [1.807, 2.05) is 46.4 Å². The summed E-state index contributed by atoms with van der Waals surface area (Å²) < 4.78 is 15.9. The molecule has 19 heteroatoms. The summed E-state index contributed by atoms with van der Waals surface area (Å²) in [7, 11) is 0. The van der Waals surface area contributed by atoms with Crippen molar-refractivity contribution in [2.45, 2.75) is 297 Å². The number of ether oxygens (including phenoxy) is 3. The van der Waals surface area contributed by atoms with Crippen molar-refractivity contribution in [2.75, 3.05) is 32.8 Å². The molecule has 19 nitrogen and oxygen atoms in total. The Kier molecular flexibility index (Phi) is 19.9. The Balaban J connectivity index is 0.000000198. The van der Waals surface area contributed by atoms with Gasteiger partial charge in [0.25, 0.3) is 0 Å². The third-order valence-electron chi connectivity index (χ3n) is 24.4. The molecule has 89 heavy (non-hydrogen) atoms. The number of aliphatic hydroxyl groups excluding tert-OH is 2. The number of hydrogen-bond acceptors (Lipinski definition) is 13. The average molecular weight is 1260 g/mol. The van der Waals surface area contributed by atoms with E-state index in [2.05, 4.69) is 57.5 Å². The van der Waals surface area contributed by atoms with Crippen LogP contribution in [-0.4, -0.2) is 152 Å². The lowest BCUT2D eigenvalue weighted by molar-refractivity contribution is -0.162. The van der Waals surface area contributed by atoms with Crippen LogP contribution in [0, 0.1) is 70.9 Å². The molecule has 510 valence electrons. The Hall–Kier alpha value is -4.23. The number of esters is 1. The highest BCUT2D eigenvalue weighted by molar-refractivity contribution is 5.91. The summed E-state index contributed by atoms with van der Waals surface area (Å²) >= 11 is 0. The lowest BCUT2D eigenvalue weighted by Crippen LogP contribution is -2.57. The molecule has 3 aliphatic heterocycles. The number of rotatable bonds is 10. The van der Waals surface area contributed by atoms with Crippen LogP contribution in [0.2, 0.25) is 0 Å². The molecule has 4 amide bonds. The molecule has 0 aromatic rings. The van der Waals surface area contributed by atoms with Gasteiger partial charge in [0.15, 0.2) is 0 Å². The maximum Gasteiger partial charge on any atom is 0.408 e. The van der Waals surface area contributed by atoms with E-state index >= 15 is 0 Å². The van der Waals surface area contributed by atoms with E-state index in [4.69, 9.17) is 19.3 Å². The van der Waals surface area contributed by atoms with E-state index in [-0.39, 0.29) is 58.0 Å². The monoisotopic (exact) mass is 1260 g/mol. The summed E-state index contributed by atoms with van der Waals surface area (Å²) in [6, 6.07) is -2.26. The smallest absolute Gasteiger partial charge is 0.408 e. The van der Waals surface area contributed by atoms with Crippen molar-refractivity contribution in [3.63, 3.8) is 0 Å². The number of amides is 4. The Labute approximate surface area is 534 Å². The number of alkyl carbamates (subject to hydrolysis) is 2. The van der Waals surface area contributed by atoms with Gasteiger partial charge in [0.2, 0.25) is 11.8 Å². The van der Waals surface area contributed by atoms with Crippen LogP contribution < -0.4 is 16.0 Å². The normalized spacial score (nSPS) is 30.1. The largest absolute Gasteiger partial charge is 0.481 e. The second kappa shape index (κ2) is 24.0. The zero-order chi connectivity index (χ0) is 68.1. The third-order valence-corrected chi connectivity index (χ3v) is 24.4. The van der Waals surface area contributed by atoms with Crippen LogP contribution in [-0.2, 0) is 38.2 Å². The highest BCUT2D eigenvalue weighted by Crippen LogP contribution is 2.90. The number of nitrogens with zero attached hydrogens (tertiary/aromatic N) is 2. The van der Waals surface area contributed by atoms with E-state index in [0.29, 0.717) is 53.8 Å². The lowest BCUT2D eigenvalue weighted by Gasteiger charge is -2.36. The molecule has 9 fully saturated rings. The van der Waals surface area contributed by atoms with Crippen molar-refractivity contribution in [3.05, 3.63) is 0 Å². The molecule has 6 aliphatic carbocycles. The van der Waals surface area contributed by atoms with Gasteiger partial charge < -0.3 is 60.4 Å². The number of carbonyl (C=O) groups excluding carboxylic acids is 5. The first-order valence-electron chi connectivity index (χ1n) is 33.4. The predicted octanol–water partition coefficient (Wildman–Crippen LogP) is 11.5. The van der Waals surface area contributed by atoms with Crippen molar-refractivity contribution in [2.24, 2.45) is 70.9 Å². The van der Waals surface area contributed by atoms with Gasteiger partial charge >= 0.3 is 30.1 Å². The quantitative estimate of drug-likeness (QED) is 0.0792. The number of aliphatic hydroxyl groups is 2. The Morgan fingerprint density at radius 3 is 1.16 bits per heavy atom. The number of carboxylic acids is 2. The first-order valence-corrected chi connectivity index (χ1v) is 33.4. The summed E-state index contributed by atoms with van der Waals surface area (Å²) in [5, 5.41) is 47.3. The van der Waals surface area contributed by atoms with E-state index in [0.717, 1.165) is 25.8 Å². The fourth-order valence-electron chi connectivity index (χ4n) is 18.7. The molecule has 9 rings (SSSR count). The van der Waals surface area contributed by atoms with Crippen molar-refractivity contribution < 1.29 is 68.2 Å². The van der Waals surface area contributed by atoms with Crippen molar-refractivity contribution in [1.29, 1.82) is 0 Å². The Morgan fingerprint density at radius 2 is 0.865 bits per heavy atom. The van der Waals surface area contributed by atoms with Gasteiger partial charge in [0, 0.05) is 36.5 Å². The lowest BCUT2D eigenvalue weighted by atomic mass is 9.73. The number of aliphatic carboxylic acids is 2. The first kappa shape index (κ1) is 73.8. The van der Waals surface area contributed by atoms with Gasteiger partial charge in [0.05, 0.1) is 31.6 Å². The summed E-state index contributed by atoms with van der Waals surface area (Å²) in [4.78, 5) is 90.2. The van der Waals surface area contributed by atoms with Gasteiger partial charge in [-0.2, -0.15) is 0 Å². The zero-order valence-electron chi connectivity index (χ0n) is 59.5. The first-order chi connectivity index (χ1) is 40.1. The van der Waals surface area contributed by atoms with Gasteiger partial charge in [-0.25, -0.2) is 14.4 Å². The molecular formula is C70H121N5O14. The van der Waals surface area contributed by atoms with E-state index in [1.54, 1.807) is 83.1 Å². The number of hydrogen-bond donors (Lipinski definition) is 7. The van der Waals surface area contributed by atoms with Gasteiger partial charge in [-0.1, -0.05) is 123 Å². The van der Waals surface area contributed by atoms with Crippen molar-refractivity contribution in [3.8, 4) is 0 Å². The number of fused-ring (bicyclic) bond motifs is 3. The van der Waals surface area contributed by atoms with Crippen LogP contribution in [0.15, 0.2) is 0 Å². The van der Waals surface area contributed by atoms with E-state index in [9.17, 15) is 48.9 Å². The van der Waals surface area contributed by atoms with Crippen LogP contribution >= 0.6 is 0 Å². The molecule has 0 aromatic heterocycles. The standard InChI is InChI=1S/C23H38N2O5.C23H40N2O4.C12H21NO.C12H22O4/c1-19(2,3)15(24-18(29)30-20(4,5)6)16(26)25-13-23(12-14(25)17(27)28)21(7,8)22(23)10-9-11-22;1-19(2,3)16(24-18(28)29-20(4,5)6)17(27)25-14-23(12-15(25)13-26)21(7,8)22(23)10-9-11-22;1-10(2)11(4-3-5-11)12(10)6-9(7-14)13-8-12;1-11(2,3)8(10(14)15)7-9(13)16-12(4,5)6/h14-15H,9-13H2,1-8H3,(H,24,29)(H,27,28);15-16,26H,9-14H2,1-8H3,(H,24,28);9,13-14H,3-8H2,1-2H3;8H,7H2,1-6H3,(H,14,15)/t14-,15+,23+;15-,16+,23+;9-,12+;8-/m0001/s1. The summed E-state index contributed by atoms with van der Waals surface area (Å²) in [6.07, 6.45) is 12.6. The number of nitrogens with one attached hydrogen (secondary N) is 3. The highest BCUT2D eigenvalue weighted by Gasteiger charge is 2.87. The summed E-state index contributed by atoms with van der Waals surface area (Å²) in [5.74, 6) is -3.57. The second-order valence-corrected chi connectivity index (χ2v) is 36.4. The fourth-order valence-corrected chi connectivity index (χ4v) is 18.7. The molecule has 7 N–H and O–H groups in total. The van der Waals surface area contributed by atoms with Crippen LogP contribution in [0.4, 0.5) is 9.59 Å². The molecule has 9 aliphatic rings. The minimum atomic E-state index is -0.970. The van der Waals surface area contributed by atoms with Crippen LogP contribution in [0.25, 0.3) is 0 Å². The average Bonchev–Trinajstić information content (AvgIpc) is 1.48. The molecular weight excluding hydrogens is 1130 g/mol. The summed E-state index contributed by atoms with van der Waals surface area (Å²) in [6.45, 7) is 49.3. The molecule has 9 atom stereocenters. The highest BCUT2D eigenvalue weighted by atomic mass is 16.6. The maximum absolute atomic E-state index is 13.7. The molecule has 3 saturated heterocycles. The molecule has 0 unspecified atom stereocenters. The molecule has 0 aromatic carbocycles. The van der Waals surface area contributed by atoms with Crippen molar-refractivity contribution >= 4 is 41.9 Å². The molecule has 6 spiro atoms. The second-order valence-electron chi connectivity index (χ2n) is 36.4. The van der Waals surface area contributed by atoms with Gasteiger partial charge in [0.1, 0.15) is 34.9 Å². The maximum atomic E-state index is 13.7. The minimum Gasteiger partial charge on any atom is -0.481 e. The number of carbonyl (C=O) groups is 7. The van der Waals surface area contributed by atoms with Crippen molar-refractivity contribution in [1.82, 2.24) is 25.8 Å². The Morgan fingerprint density at radius 1 is 0.494 bits per heavy atom. The zero-order valence-corrected chi connectivity index (χ0v) is 59.5. The van der Waals surface area contributed by atoms with Gasteiger partial charge in [-0.15, -0.1) is 0 Å². The summed E-state index contributed by atoms with van der Waals surface area (Å²) in [5.41, 5.74) is -1.08. The van der Waals surface area contributed by atoms with Crippen LogP contribution in [0.3, 0.4) is 0 Å². The van der Waals surface area contributed by atoms with Gasteiger partial charge in [-0.3, -0.25) is 19.2 Å². The van der Waals surface area contributed by atoms with Crippen LogP contribution in [0.1, 0.15) is 250 Å². The van der Waals surface area contributed by atoms with E-state index in [1.165, 1.54) is 56.3 Å². The minimum absolute atomic E-state index is 0.0246. The Bertz CT molecular complexity index is 2660. The molecule has 0 bridgehead atoms. The predicted molar refractivity (Wildman–Crippen MR) is 342 cm³/mol. The molecule has 0 radical (unpaired) electrons. The van der Waals surface area contributed by atoms with E-state index < -0.39 is 87.2 Å². The van der Waals surface area contributed by atoms with Gasteiger partial charge in [-0.05, 0) is 174 Å². The fraction of sp³-hybridized carbons (Fsp3) is 0.900. The third kappa shape index (κ3) is 13.1. The van der Waals surface area contributed by atoms with Crippen LogP contribution in [0.5, 0.6) is 0 Å². The molecule has 3 heterocycles. The molecule has 6 saturated carbocycles. The topological polar surface area (TPSA) is 271 Å².